The quantitative estimate of drug-likeness (QED) is 0.130. The number of aromatic nitrogens is 1. The standard InChI is InChI=1S/C51H30N2/c1-52-47-26-27-48-51-42(47)25-24-35-28-36(29-49(50(35)51)53(48)37-14-6-3-7-15-37)32-20-22-34(23-21-32)44-31-46-40-18-10-8-16-38(40)43(33-12-4-2-5-13-33)30-45(46)41-19-11-9-17-39(41)44/h2-31H. The van der Waals surface area contributed by atoms with Crippen molar-refractivity contribution in [1.29, 1.82) is 0 Å². The molecule has 0 aliphatic heterocycles. The van der Waals surface area contributed by atoms with Gasteiger partial charge in [-0.3, -0.25) is 0 Å². The van der Waals surface area contributed by atoms with Crippen molar-refractivity contribution in [3.05, 3.63) is 193 Å². The topological polar surface area (TPSA) is 9.29 Å². The highest BCUT2D eigenvalue weighted by Crippen LogP contribution is 2.45. The van der Waals surface area contributed by atoms with Crippen LogP contribution in [0, 0.1) is 6.57 Å². The third-order valence-corrected chi connectivity index (χ3v) is 11.1. The number of nitrogens with zero attached hydrogens (tertiary/aromatic N) is 2. The SMILES string of the molecule is [C-]#[N+]c1ccc2c3c1ccc1cc(-c4ccc(-c5cc6c7ccccc7c(-c7ccccc7)cc6c6ccccc56)cc4)cc(c13)n2-c1ccccc1. The second kappa shape index (κ2) is 11.4. The largest absolute Gasteiger partial charge is 0.309 e. The molecule has 1 heterocycles. The molecule has 0 saturated heterocycles. The highest BCUT2D eigenvalue weighted by molar-refractivity contribution is 6.27. The molecule has 0 N–H and O–H groups in total. The van der Waals surface area contributed by atoms with Crippen molar-refractivity contribution in [2.24, 2.45) is 0 Å². The van der Waals surface area contributed by atoms with Crippen molar-refractivity contribution in [3.63, 3.8) is 0 Å². The summed E-state index contributed by atoms with van der Waals surface area (Å²) in [5, 5.41) is 12.1. The lowest BCUT2D eigenvalue weighted by Crippen LogP contribution is -1.93. The normalized spacial score (nSPS) is 11.8. The maximum Gasteiger partial charge on any atom is 0.195 e. The minimum atomic E-state index is 0.692. The van der Waals surface area contributed by atoms with Gasteiger partial charge in [0, 0.05) is 16.5 Å². The summed E-state index contributed by atoms with van der Waals surface area (Å²) in [5.41, 5.74) is 11.3. The van der Waals surface area contributed by atoms with Gasteiger partial charge in [-0.25, -0.2) is 4.85 Å². The van der Waals surface area contributed by atoms with Crippen LogP contribution in [0.4, 0.5) is 5.69 Å². The molecule has 0 unspecified atom stereocenters. The van der Waals surface area contributed by atoms with Crippen LogP contribution in [0.2, 0.25) is 0 Å². The molecule has 53 heavy (non-hydrogen) atoms. The van der Waals surface area contributed by atoms with Crippen LogP contribution in [0.15, 0.2) is 182 Å². The van der Waals surface area contributed by atoms with Crippen LogP contribution < -0.4 is 0 Å². The molecule has 11 rings (SSSR count). The van der Waals surface area contributed by atoms with E-state index in [1.165, 1.54) is 76.5 Å². The van der Waals surface area contributed by atoms with Gasteiger partial charge in [0.2, 0.25) is 0 Å². The van der Waals surface area contributed by atoms with Crippen molar-refractivity contribution in [2.75, 3.05) is 0 Å². The van der Waals surface area contributed by atoms with E-state index in [0.717, 1.165) is 27.5 Å². The van der Waals surface area contributed by atoms with Gasteiger partial charge in [0.05, 0.1) is 17.6 Å². The predicted octanol–water partition coefficient (Wildman–Crippen LogP) is 14.4. The first kappa shape index (κ1) is 29.5. The highest BCUT2D eigenvalue weighted by atomic mass is 15.0. The predicted molar refractivity (Wildman–Crippen MR) is 225 cm³/mol. The van der Waals surface area contributed by atoms with Gasteiger partial charge in [0.25, 0.3) is 0 Å². The van der Waals surface area contributed by atoms with E-state index in [-0.39, 0.29) is 0 Å². The Balaban J connectivity index is 1.10. The summed E-state index contributed by atoms with van der Waals surface area (Å²) in [4.78, 5) is 3.86. The van der Waals surface area contributed by atoms with Crippen LogP contribution >= 0.6 is 0 Å². The molecular formula is C51H30N2. The third kappa shape index (κ3) is 4.38. The average molecular weight is 671 g/mol. The molecule has 1 aromatic heterocycles. The van der Waals surface area contributed by atoms with Gasteiger partial charge in [-0.15, -0.1) is 0 Å². The first-order valence-electron chi connectivity index (χ1n) is 18.0. The zero-order valence-corrected chi connectivity index (χ0v) is 28.7. The summed E-state index contributed by atoms with van der Waals surface area (Å²) >= 11 is 0. The van der Waals surface area contributed by atoms with E-state index in [1.54, 1.807) is 0 Å². The molecule has 0 amide bonds. The molecule has 0 spiro atoms. The molecule has 0 bridgehead atoms. The van der Waals surface area contributed by atoms with Gasteiger partial charge in [-0.05, 0) is 119 Å². The lowest BCUT2D eigenvalue weighted by molar-refractivity contribution is 1.18. The van der Waals surface area contributed by atoms with Crippen molar-refractivity contribution >= 4 is 70.6 Å². The van der Waals surface area contributed by atoms with Crippen LogP contribution in [0.3, 0.4) is 0 Å². The Morgan fingerprint density at radius 2 is 0.925 bits per heavy atom. The summed E-state index contributed by atoms with van der Waals surface area (Å²) in [6.07, 6.45) is 0. The van der Waals surface area contributed by atoms with Gasteiger partial charge in [0.1, 0.15) is 0 Å². The molecule has 11 aromatic rings. The fourth-order valence-corrected chi connectivity index (χ4v) is 8.75. The average Bonchev–Trinajstić information content (AvgIpc) is 3.57. The van der Waals surface area contributed by atoms with Crippen LogP contribution in [0.25, 0.3) is 109 Å². The zero-order chi connectivity index (χ0) is 35.0. The molecule has 0 atom stereocenters. The number of fused-ring (bicyclic) bond motifs is 5. The molecule has 0 aliphatic carbocycles. The van der Waals surface area contributed by atoms with Crippen LogP contribution in [-0.4, -0.2) is 4.57 Å². The lowest BCUT2D eigenvalue weighted by Gasteiger charge is -2.16. The number of hydrogen-bond donors (Lipinski definition) is 0. The molecule has 0 radical (unpaired) electrons. The van der Waals surface area contributed by atoms with Crippen molar-refractivity contribution in [2.45, 2.75) is 0 Å². The molecule has 0 aliphatic rings. The molecular weight excluding hydrogens is 641 g/mol. The summed E-state index contributed by atoms with van der Waals surface area (Å²) in [6, 6.07) is 65.8. The van der Waals surface area contributed by atoms with Gasteiger partial charge >= 0.3 is 0 Å². The number of rotatable bonds is 4. The van der Waals surface area contributed by atoms with E-state index >= 15 is 0 Å². The van der Waals surface area contributed by atoms with Crippen molar-refractivity contribution in [1.82, 2.24) is 4.57 Å². The maximum absolute atomic E-state index is 7.83. The van der Waals surface area contributed by atoms with Gasteiger partial charge in [0.15, 0.2) is 5.69 Å². The minimum Gasteiger partial charge on any atom is -0.309 e. The Hall–Kier alpha value is -7.21. The fourth-order valence-electron chi connectivity index (χ4n) is 8.75. The number of para-hydroxylation sites is 1. The summed E-state index contributed by atoms with van der Waals surface area (Å²) in [5.74, 6) is 0. The lowest BCUT2D eigenvalue weighted by atomic mass is 9.87. The van der Waals surface area contributed by atoms with E-state index in [4.69, 9.17) is 6.57 Å². The van der Waals surface area contributed by atoms with Gasteiger partial charge in [-0.1, -0.05) is 140 Å². The second-order valence-electron chi connectivity index (χ2n) is 13.9. The van der Waals surface area contributed by atoms with E-state index < -0.39 is 0 Å². The monoisotopic (exact) mass is 670 g/mol. The van der Waals surface area contributed by atoms with E-state index in [0.29, 0.717) is 5.69 Å². The smallest absolute Gasteiger partial charge is 0.195 e. The Morgan fingerprint density at radius 3 is 1.57 bits per heavy atom. The first-order chi connectivity index (χ1) is 26.2. The Labute approximate surface area is 306 Å². The minimum absolute atomic E-state index is 0.692. The molecule has 2 nitrogen and oxygen atoms in total. The first-order valence-corrected chi connectivity index (χ1v) is 18.0. The Bertz CT molecular complexity index is 3260. The van der Waals surface area contributed by atoms with Crippen LogP contribution in [0.5, 0.6) is 0 Å². The van der Waals surface area contributed by atoms with E-state index in [9.17, 15) is 0 Å². The number of hydrogen-bond acceptors (Lipinski definition) is 0. The number of benzene rings is 10. The highest BCUT2D eigenvalue weighted by Gasteiger charge is 2.20. The van der Waals surface area contributed by atoms with Gasteiger partial charge < -0.3 is 4.57 Å². The Morgan fingerprint density at radius 1 is 0.358 bits per heavy atom. The molecule has 10 aromatic carbocycles. The summed E-state index contributed by atoms with van der Waals surface area (Å²) in [6.45, 7) is 7.83. The van der Waals surface area contributed by atoms with E-state index in [1.807, 2.05) is 6.07 Å². The van der Waals surface area contributed by atoms with E-state index in [2.05, 4.69) is 185 Å². The fraction of sp³-hybridized carbons (Fsp3) is 0. The second-order valence-corrected chi connectivity index (χ2v) is 13.9. The maximum atomic E-state index is 7.83. The van der Waals surface area contributed by atoms with Crippen LogP contribution in [-0.2, 0) is 0 Å². The Kier molecular flexibility index (Phi) is 6.35. The summed E-state index contributed by atoms with van der Waals surface area (Å²) < 4.78 is 2.35. The zero-order valence-electron chi connectivity index (χ0n) is 28.7. The third-order valence-electron chi connectivity index (χ3n) is 11.1. The van der Waals surface area contributed by atoms with Crippen LogP contribution in [0.1, 0.15) is 0 Å². The van der Waals surface area contributed by atoms with Gasteiger partial charge in [-0.2, -0.15) is 0 Å². The molecule has 0 saturated carbocycles. The molecule has 0 fully saturated rings. The van der Waals surface area contributed by atoms with Crippen molar-refractivity contribution in [3.8, 4) is 39.1 Å². The summed E-state index contributed by atoms with van der Waals surface area (Å²) in [7, 11) is 0. The molecule has 2 heteroatoms. The molecule has 244 valence electrons. The van der Waals surface area contributed by atoms with Crippen molar-refractivity contribution < 1.29 is 0 Å².